The molecule has 3 aromatic rings. The Morgan fingerprint density at radius 1 is 1.22 bits per heavy atom. The van der Waals surface area contributed by atoms with Gasteiger partial charge in [-0.25, -0.2) is 14.4 Å². The summed E-state index contributed by atoms with van der Waals surface area (Å²) in [6, 6.07) is 9.04. The van der Waals surface area contributed by atoms with Crippen LogP contribution in [0.5, 0.6) is 0 Å². The van der Waals surface area contributed by atoms with Crippen molar-refractivity contribution in [3.05, 3.63) is 72.0 Å². The van der Waals surface area contributed by atoms with Gasteiger partial charge in [0.1, 0.15) is 23.3 Å². The number of carbonyl (C=O) groups is 1. The molecule has 0 radical (unpaired) electrons. The van der Waals surface area contributed by atoms with E-state index in [4.69, 9.17) is 4.98 Å². The number of halogens is 1. The second-order valence-corrected chi connectivity index (χ2v) is 10.3. The van der Waals surface area contributed by atoms with Gasteiger partial charge in [0.05, 0.1) is 12.2 Å². The summed E-state index contributed by atoms with van der Waals surface area (Å²) in [5, 5.41) is 10.4. The van der Waals surface area contributed by atoms with Gasteiger partial charge in [-0.05, 0) is 30.5 Å². The molecule has 0 aliphatic carbocycles. The molecule has 2 fully saturated rings. The predicted molar refractivity (Wildman–Crippen MR) is 138 cm³/mol. The summed E-state index contributed by atoms with van der Waals surface area (Å²) in [5.74, 6) is 1.06. The number of amides is 1. The third-order valence-electron chi connectivity index (χ3n) is 7.95. The van der Waals surface area contributed by atoms with E-state index in [0.29, 0.717) is 61.7 Å². The zero-order valence-corrected chi connectivity index (χ0v) is 20.8. The van der Waals surface area contributed by atoms with Crippen molar-refractivity contribution in [2.45, 2.75) is 19.4 Å². The maximum atomic E-state index is 15.1. The SMILES string of the molecule is C=CC(=O)N1CC2(CCN(c3nc4c(c(-c5ccccc5F)c3C#N)CCN(c3nccn3C)C4)C2)C1. The van der Waals surface area contributed by atoms with E-state index in [1.54, 1.807) is 29.3 Å². The van der Waals surface area contributed by atoms with E-state index >= 15 is 4.39 Å². The Hall–Kier alpha value is -4.19. The van der Waals surface area contributed by atoms with E-state index in [0.717, 1.165) is 30.2 Å². The maximum absolute atomic E-state index is 15.1. The molecule has 37 heavy (non-hydrogen) atoms. The number of anilines is 2. The number of hydrogen-bond acceptors (Lipinski definition) is 6. The number of aromatic nitrogens is 3. The van der Waals surface area contributed by atoms with Crippen LogP contribution >= 0.6 is 0 Å². The molecule has 0 saturated carbocycles. The van der Waals surface area contributed by atoms with Gasteiger partial charge in [-0.15, -0.1) is 0 Å². The van der Waals surface area contributed by atoms with Gasteiger partial charge in [-0.2, -0.15) is 5.26 Å². The number of benzene rings is 1. The largest absolute Gasteiger partial charge is 0.355 e. The van der Waals surface area contributed by atoms with Crippen molar-refractivity contribution >= 4 is 17.7 Å². The molecule has 1 amide bonds. The Morgan fingerprint density at radius 3 is 2.73 bits per heavy atom. The summed E-state index contributed by atoms with van der Waals surface area (Å²) in [6.07, 6.45) is 6.58. The summed E-state index contributed by atoms with van der Waals surface area (Å²) in [4.78, 5) is 27.7. The first kappa shape index (κ1) is 23.2. The Bertz CT molecular complexity index is 1450. The zero-order valence-electron chi connectivity index (χ0n) is 20.8. The standard InChI is InChI=1S/C28H28FN7O/c1-3-24(37)36-17-28(18-36)9-12-35(16-28)26-21(14-30)25(19-6-4-5-7-22(19)29)20-8-11-34(15-23(20)32-26)27-31-10-13-33(27)2/h3-7,10,13H,1,8-9,11-12,15-18H2,2H3. The molecule has 1 spiro atoms. The van der Waals surface area contributed by atoms with Crippen LogP contribution in [0.3, 0.4) is 0 Å². The number of aryl methyl sites for hydroxylation is 1. The van der Waals surface area contributed by atoms with Crippen LogP contribution in [0.25, 0.3) is 11.1 Å². The van der Waals surface area contributed by atoms with Gasteiger partial charge < -0.3 is 19.3 Å². The van der Waals surface area contributed by atoms with Crippen LogP contribution in [0.4, 0.5) is 16.2 Å². The fourth-order valence-corrected chi connectivity index (χ4v) is 6.12. The lowest BCUT2D eigenvalue weighted by Crippen LogP contribution is -2.59. The van der Waals surface area contributed by atoms with Crippen LogP contribution in [0.15, 0.2) is 49.3 Å². The minimum absolute atomic E-state index is 0.0138. The van der Waals surface area contributed by atoms with Gasteiger partial charge in [-0.3, -0.25) is 4.79 Å². The van der Waals surface area contributed by atoms with Gasteiger partial charge in [0.25, 0.3) is 0 Å². The maximum Gasteiger partial charge on any atom is 0.245 e. The smallest absolute Gasteiger partial charge is 0.245 e. The van der Waals surface area contributed by atoms with Crippen molar-refractivity contribution in [2.75, 3.05) is 42.5 Å². The second-order valence-electron chi connectivity index (χ2n) is 10.3. The number of hydrogen-bond donors (Lipinski definition) is 0. The molecule has 3 aliphatic rings. The highest BCUT2D eigenvalue weighted by Crippen LogP contribution is 2.44. The van der Waals surface area contributed by atoms with Gasteiger partial charge in [0.15, 0.2) is 0 Å². The summed E-state index contributed by atoms with van der Waals surface area (Å²) in [5.41, 5.74) is 3.27. The molecule has 188 valence electrons. The fourth-order valence-electron chi connectivity index (χ4n) is 6.12. The van der Waals surface area contributed by atoms with Crippen molar-refractivity contribution in [1.29, 1.82) is 5.26 Å². The van der Waals surface area contributed by atoms with E-state index in [2.05, 4.69) is 27.4 Å². The van der Waals surface area contributed by atoms with Crippen LogP contribution in [-0.4, -0.2) is 58.1 Å². The number of nitrogens with zero attached hydrogens (tertiary/aromatic N) is 7. The summed E-state index contributed by atoms with van der Waals surface area (Å²) < 4.78 is 17.1. The molecule has 6 rings (SSSR count). The number of pyridine rings is 1. The Morgan fingerprint density at radius 2 is 2.03 bits per heavy atom. The normalized spacial score (nSPS) is 17.9. The molecule has 0 atom stereocenters. The number of carbonyl (C=O) groups excluding carboxylic acids is 1. The topological polar surface area (TPSA) is 81.3 Å². The van der Waals surface area contributed by atoms with Crippen molar-refractivity contribution in [2.24, 2.45) is 12.5 Å². The van der Waals surface area contributed by atoms with E-state index in [-0.39, 0.29) is 17.1 Å². The van der Waals surface area contributed by atoms with Crippen LogP contribution in [0.2, 0.25) is 0 Å². The molecule has 0 unspecified atom stereocenters. The van der Waals surface area contributed by atoms with Gasteiger partial charge in [0.2, 0.25) is 11.9 Å². The molecular formula is C28H28FN7O. The number of nitriles is 1. The number of likely N-dealkylation sites (tertiary alicyclic amines) is 1. The minimum atomic E-state index is -0.347. The molecule has 2 aromatic heterocycles. The van der Waals surface area contributed by atoms with Crippen LogP contribution in [-0.2, 0) is 24.8 Å². The highest BCUT2D eigenvalue weighted by atomic mass is 19.1. The van der Waals surface area contributed by atoms with E-state index in [1.165, 1.54) is 12.1 Å². The summed E-state index contributed by atoms with van der Waals surface area (Å²) >= 11 is 0. The Kier molecular flexibility index (Phi) is 5.48. The average molecular weight is 498 g/mol. The van der Waals surface area contributed by atoms with Crippen molar-refractivity contribution in [3.8, 4) is 17.2 Å². The Labute approximate surface area is 215 Å². The molecule has 9 heteroatoms. The molecule has 8 nitrogen and oxygen atoms in total. The van der Waals surface area contributed by atoms with Crippen LogP contribution < -0.4 is 9.80 Å². The number of imidazole rings is 1. The third kappa shape index (κ3) is 3.75. The number of fused-ring (bicyclic) bond motifs is 1. The first-order chi connectivity index (χ1) is 17.9. The summed E-state index contributed by atoms with van der Waals surface area (Å²) in [7, 11) is 1.96. The molecule has 2 saturated heterocycles. The Balaban J connectivity index is 1.42. The quantitative estimate of drug-likeness (QED) is 0.515. The van der Waals surface area contributed by atoms with E-state index in [1.807, 2.05) is 17.8 Å². The third-order valence-corrected chi connectivity index (χ3v) is 7.95. The van der Waals surface area contributed by atoms with Crippen molar-refractivity contribution in [1.82, 2.24) is 19.4 Å². The van der Waals surface area contributed by atoms with E-state index in [9.17, 15) is 10.1 Å². The lowest BCUT2D eigenvalue weighted by Gasteiger charge is -2.47. The molecular weight excluding hydrogens is 469 g/mol. The van der Waals surface area contributed by atoms with Gasteiger partial charge in [0, 0.05) is 68.7 Å². The lowest BCUT2D eigenvalue weighted by molar-refractivity contribution is -0.136. The molecule has 0 bridgehead atoms. The monoisotopic (exact) mass is 497 g/mol. The van der Waals surface area contributed by atoms with Crippen molar-refractivity contribution in [3.63, 3.8) is 0 Å². The van der Waals surface area contributed by atoms with Crippen molar-refractivity contribution < 1.29 is 9.18 Å². The highest BCUT2D eigenvalue weighted by molar-refractivity contribution is 5.88. The number of rotatable bonds is 4. The first-order valence-electron chi connectivity index (χ1n) is 12.5. The highest BCUT2D eigenvalue weighted by Gasteiger charge is 2.49. The molecule has 0 N–H and O–H groups in total. The average Bonchev–Trinajstić information content (AvgIpc) is 3.53. The van der Waals surface area contributed by atoms with Crippen LogP contribution in [0, 0.1) is 22.6 Å². The second kappa shape index (κ2) is 8.73. The molecule has 3 aliphatic heterocycles. The zero-order chi connectivity index (χ0) is 25.7. The molecule has 1 aromatic carbocycles. The van der Waals surface area contributed by atoms with E-state index < -0.39 is 0 Å². The molecule has 5 heterocycles. The minimum Gasteiger partial charge on any atom is -0.355 e. The van der Waals surface area contributed by atoms with Gasteiger partial charge >= 0.3 is 0 Å². The van der Waals surface area contributed by atoms with Crippen LogP contribution in [0.1, 0.15) is 23.2 Å². The lowest BCUT2D eigenvalue weighted by atomic mass is 9.79. The first-order valence-corrected chi connectivity index (χ1v) is 12.5. The predicted octanol–water partition coefficient (Wildman–Crippen LogP) is 3.28. The van der Waals surface area contributed by atoms with Gasteiger partial charge in [-0.1, -0.05) is 24.8 Å². The summed E-state index contributed by atoms with van der Waals surface area (Å²) in [6.45, 7) is 7.61. The fraction of sp³-hybridized carbons (Fsp3) is 0.357.